The molecule has 224 valence electrons. The van der Waals surface area contributed by atoms with Crippen molar-refractivity contribution in [3.8, 4) is 0 Å². The minimum absolute atomic E-state index is 0.0000296. The third-order valence-electron chi connectivity index (χ3n) is 9.03. The highest BCUT2D eigenvalue weighted by atomic mass is 35.5. The number of rotatable bonds is 8. The molecule has 1 aromatic heterocycles. The summed E-state index contributed by atoms with van der Waals surface area (Å²) in [5.74, 6) is 0.251. The number of halogens is 3. The molecule has 0 spiro atoms. The number of aromatic nitrogens is 2. The van der Waals surface area contributed by atoms with Gasteiger partial charge in [-0.2, -0.15) is 0 Å². The Hall–Kier alpha value is -3.71. The lowest BCUT2D eigenvalue weighted by molar-refractivity contribution is 0.0696. The summed E-state index contributed by atoms with van der Waals surface area (Å²) in [5, 5.41) is 10.8. The van der Waals surface area contributed by atoms with Gasteiger partial charge < -0.3 is 9.67 Å². The zero-order chi connectivity index (χ0) is 30.4. The van der Waals surface area contributed by atoms with E-state index >= 15 is 0 Å². The van der Waals surface area contributed by atoms with Gasteiger partial charge >= 0.3 is 5.97 Å². The number of carboxylic acids is 1. The lowest BCUT2D eigenvalue weighted by Crippen LogP contribution is -2.34. The summed E-state index contributed by atoms with van der Waals surface area (Å²) in [7, 11) is 0. The van der Waals surface area contributed by atoms with Crippen LogP contribution in [0.25, 0.3) is 11.0 Å². The van der Waals surface area contributed by atoms with Gasteiger partial charge in [0, 0.05) is 53.1 Å². The maximum absolute atomic E-state index is 14.6. The molecule has 1 saturated carbocycles. The van der Waals surface area contributed by atoms with E-state index in [0.717, 1.165) is 60.9 Å². The molecule has 1 aliphatic heterocycles. The summed E-state index contributed by atoms with van der Waals surface area (Å²) < 4.78 is 17.0. The molecule has 0 amide bonds. The Bertz CT molecular complexity index is 1780. The van der Waals surface area contributed by atoms with Gasteiger partial charge in [-0.3, -0.25) is 4.90 Å². The molecule has 7 rings (SSSR count). The van der Waals surface area contributed by atoms with E-state index in [4.69, 9.17) is 28.2 Å². The van der Waals surface area contributed by atoms with Crippen LogP contribution in [0.15, 0.2) is 84.9 Å². The van der Waals surface area contributed by atoms with E-state index in [-0.39, 0.29) is 23.3 Å². The van der Waals surface area contributed by atoms with Gasteiger partial charge in [0.05, 0.1) is 16.6 Å². The predicted molar refractivity (Wildman–Crippen MR) is 172 cm³/mol. The molecule has 0 atom stereocenters. The zero-order valence-electron chi connectivity index (χ0n) is 24.1. The Balaban J connectivity index is 1.21. The highest BCUT2D eigenvalue weighted by Crippen LogP contribution is 2.44. The highest BCUT2D eigenvalue weighted by Gasteiger charge is 2.33. The normalized spacial score (nSPS) is 16.2. The number of likely N-dealkylation sites (tertiary alicyclic amines) is 1. The Morgan fingerprint density at radius 3 is 2.05 bits per heavy atom. The first kappa shape index (κ1) is 29.0. The number of piperidine rings is 1. The number of aromatic carboxylic acids is 1. The second kappa shape index (κ2) is 12.0. The van der Waals surface area contributed by atoms with Crippen molar-refractivity contribution >= 4 is 40.2 Å². The minimum Gasteiger partial charge on any atom is -0.478 e. The molecule has 2 fully saturated rings. The van der Waals surface area contributed by atoms with Gasteiger partial charge in [-0.05, 0) is 97.0 Å². The van der Waals surface area contributed by atoms with Gasteiger partial charge in [0.2, 0.25) is 0 Å². The zero-order valence-corrected chi connectivity index (χ0v) is 25.6. The molecule has 0 radical (unpaired) electrons. The summed E-state index contributed by atoms with van der Waals surface area (Å²) in [6.45, 7) is 1.99. The van der Waals surface area contributed by atoms with Crippen molar-refractivity contribution < 1.29 is 14.3 Å². The Morgan fingerprint density at radius 1 is 0.841 bits per heavy atom. The van der Waals surface area contributed by atoms with Crippen LogP contribution in [0.4, 0.5) is 4.39 Å². The lowest BCUT2D eigenvalue weighted by Gasteiger charge is -2.34. The Morgan fingerprint density at radius 2 is 1.45 bits per heavy atom. The highest BCUT2D eigenvalue weighted by molar-refractivity contribution is 6.30. The van der Waals surface area contributed by atoms with Crippen LogP contribution in [0.5, 0.6) is 0 Å². The third kappa shape index (κ3) is 5.86. The van der Waals surface area contributed by atoms with E-state index in [2.05, 4.69) is 51.9 Å². The number of hydrogen-bond acceptors (Lipinski definition) is 3. The van der Waals surface area contributed by atoms with E-state index in [1.54, 1.807) is 0 Å². The van der Waals surface area contributed by atoms with Crippen molar-refractivity contribution in [2.24, 2.45) is 0 Å². The van der Waals surface area contributed by atoms with Crippen molar-refractivity contribution in [3.63, 3.8) is 0 Å². The van der Waals surface area contributed by atoms with Crippen LogP contribution in [0.3, 0.4) is 0 Å². The molecular weight excluding hydrogens is 596 g/mol. The molecule has 44 heavy (non-hydrogen) atoms. The second-order valence-electron chi connectivity index (χ2n) is 12.0. The average Bonchev–Trinajstić information content (AvgIpc) is 3.81. The van der Waals surface area contributed by atoms with Crippen LogP contribution in [0.2, 0.25) is 10.0 Å². The molecule has 5 aromatic rings. The molecular formula is C36H32Cl2FN3O2. The van der Waals surface area contributed by atoms with Gasteiger partial charge in [-0.15, -0.1) is 0 Å². The molecule has 0 bridgehead atoms. The second-order valence-corrected chi connectivity index (χ2v) is 12.9. The predicted octanol–water partition coefficient (Wildman–Crippen LogP) is 9.08. The van der Waals surface area contributed by atoms with E-state index in [1.165, 1.54) is 29.6 Å². The number of carboxylic acid groups (broad SMARTS) is 1. The molecule has 1 N–H and O–H groups in total. The standard InChI is InChI=1S/C36H32Cl2FN3O2/c37-28-9-3-22(4-10-28)34(23-5-11-29(38)12-6-23)25-8-14-32-33(20-25)42(35(40-32)24-1-2-24)30-15-17-41(18-16-30)21-27-19-26(36(43)44)7-13-31(27)39/h3-14,19-20,24,30,34H,1-2,15-18,21H2,(H,43,44). The summed E-state index contributed by atoms with van der Waals surface area (Å²) in [6.07, 6.45) is 4.14. The van der Waals surface area contributed by atoms with Crippen LogP contribution < -0.4 is 0 Å². The first-order valence-electron chi connectivity index (χ1n) is 15.1. The molecule has 5 nitrogen and oxygen atoms in total. The molecule has 8 heteroatoms. The largest absolute Gasteiger partial charge is 0.478 e. The Kier molecular flexibility index (Phi) is 7.91. The number of benzene rings is 4. The molecule has 0 unspecified atom stereocenters. The maximum atomic E-state index is 14.6. The quantitative estimate of drug-likeness (QED) is 0.174. The van der Waals surface area contributed by atoms with E-state index in [0.29, 0.717) is 28.1 Å². The van der Waals surface area contributed by atoms with Gasteiger partial charge in [-0.1, -0.05) is 53.5 Å². The van der Waals surface area contributed by atoms with Crippen molar-refractivity contribution in [3.05, 3.63) is 134 Å². The van der Waals surface area contributed by atoms with Crippen LogP contribution in [-0.2, 0) is 6.54 Å². The van der Waals surface area contributed by atoms with E-state index in [1.807, 2.05) is 24.3 Å². The smallest absolute Gasteiger partial charge is 0.335 e. The van der Waals surface area contributed by atoms with Crippen molar-refractivity contribution in [2.45, 2.75) is 50.1 Å². The fraction of sp³-hybridized carbons (Fsp3) is 0.278. The SMILES string of the molecule is O=C(O)c1ccc(F)c(CN2CCC(n3c(C4CC4)nc4ccc(C(c5ccc(Cl)cc5)c5ccc(Cl)cc5)cc43)CC2)c1. The molecule has 1 aliphatic carbocycles. The van der Waals surface area contributed by atoms with Crippen molar-refractivity contribution in [2.75, 3.05) is 13.1 Å². The number of hydrogen-bond donors (Lipinski definition) is 1. The summed E-state index contributed by atoms with van der Waals surface area (Å²) >= 11 is 12.5. The number of fused-ring (bicyclic) bond motifs is 1. The number of nitrogens with zero attached hydrogens (tertiary/aromatic N) is 3. The van der Waals surface area contributed by atoms with E-state index in [9.17, 15) is 14.3 Å². The van der Waals surface area contributed by atoms with Gasteiger partial charge in [0.15, 0.2) is 0 Å². The molecule has 1 saturated heterocycles. The summed E-state index contributed by atoms with van der Waals surface area (Å²) in [5.41, 5.74) is 6.18. The fourth-order valence-electron chi connectivity index (χ4n) is 6.61. The van der Waals surface area contributed by atoms with Crippen LogP contribution in [0, 0.1) is 5.82 Å². The van der Waals surface area contributed by atoms with Crippen molar-refractivity contribution in [1.82, 2.24) is 14.5 Å². The molecule has 2 aliphatic rings. The molecule has 4 aromatic carbocycles. The lowest BCUT2D eigenvalue weighted by atomic mass is 9.85. The van der Waals surface area contributed by atoms with Crippen LogP contribution >= 0.6 is 23.2 Å². The van der Waals surface area contributed by atoms with Crippen LogP contribution in [-0.4, -0.2) is 38.6 Å². The van der Waals surface area contributed by atoms with Crippen LogP contribution in [0.1, 0.15) is 82.0 Å². The fourth-order valence-corrected chi connectivity index (χ4v) is 6.87. The van der Waals surface area contributed by atoms with Gasteiger partial charge in [0.25, 0.3) is 0 Å². The monoisotopic (exact) mass is 627 g/mol. The minimum atomic E-state index is -1.04. The summed E-state index contributed by atoms with van der Waals surface area (Å²) in [6, 6.07) is 27.0. The maximum Gasteiger partial charge on any atom is 0.335 e. The number of carbonyl (C=O) groups is 1. The van der Waals surface area contributed by atoms with E-state index < -0.39 is 5.97 Å². The number of imidazole rings is 1. The average molecular weight is 629 g/mol. The van der Waals surface area contributed by atoms with Gasteiger partial charge in [0.1, 0.15) is 11.6 Å². The van der Waals surface area contributed by atoms with Gasteiger partial charge in [-0.25, -0.2) is 14.2 Å². The first-order valence-corrected chi connectivity index (χ1v) is 15.9. The summed E-state index contributed by atoms with van der Waals surface area (Å²) in [4.78, 5) is 18.8. The molecule has 2 heterocycles. The van der Waals surface area contributed by atoms with Crippen molar-refractivity contribution in [1.29, 1.82) is 0 Å². The topological polar surface area (TPSA) is 58.4 Å². The Labute approximate surface area is 265 Å². The third-order valence-corrected chi connectivity index (χ3v) is 9.54. The first-order chi connectivity index (χ1) is 21.3.